The fourth-order valence-corrected chi connectivity index (χ4v) is 3.40. The third-order valence-corrected chi connectivity index (χ3v) is 5.01. The number of rotatable bonds is 5. The minimum atomic E-state index is -0.917. The van der Waals surface area contributed by atoms with Crippen molar-refractivity contribution >= 4 is 22.0 Å². The molecule has 0 bridgehead atoms. The fourth-order valence-electron chi connectivity index (χ4n) is 2.89. The van der Waals surface area contributed by atoms with Crippen LogP contribution in [0.2, 0.25) is 0 Å². The second-order valence-corrected chi connectivity index (χ2v) is 6.87. The lowest BCUT2D eigenvalue weighted by atomic mass is 10.1. The molecule has 1 aromatic heterocycles. The van der Waals surface area contributed by atoms with Crippen LogP contribution in [-0.4, -0.2) is 4.57 Å². The van der Waals surface area contributed by atoms with Crippen LogP contribution in [0.15, 0.2) is 52.2 Å². The van der Waals surface area contributed by atoms with E-state index in [9.17, 15) is 22.4 Å². The normalized spacial score (nSPS) is 10.8. The summed E-state index contributed by atoms with van der Waals surface area (Å²) in [5, 5.41) is 0. The minimum absolute atomic E-state index is 0.0271. The molecule has 1 heterocycles. The number of pyridine rings is 1. The molecule has 0 aliphatic heterocycles. The van der Waals surface area contributed by atoms with E-state index in [2.05, 4.69) is 22.5 Å². The molecular weight excluding hydrogens is 454 g/mol. The predicted molar refractivity (Wildman–Crippen MR) is 105 cm³/mol. The van der Waals surface area contributed by atoms with Gasteiger partial charge in [-0.25, -0.2) is 17.6 Å². The third-order valence-electron chi connectivity index (χ3n) is 4.31. The second kappa shape index (κ2) is 8.24. The zero-order valence-electron chi connectivity index (χ0n) is 15.1. The van der Waals surface area contributed by atoms with E-state index in [1.165, 1.54) is 25.1 Å². The van der Waals surface area contributed by atoms with Gasteiger partial charge in [-0.2, -0.15) is 0 Å². The molecule has 3 aromatic rings. The summed E-state index contributed by atoms with van der Waals surface area (Å²) < 4.78 is 61.8. The summed E-state index contributed by atoms with van der Waals surface area (Å²) in [6, 6.07) is 6.27. The summed E-state index contributed by atoms with van der Waals surface area (Å²) in [6.07, 6.45) is 1.35. The molecular formula is C21H14BrF4NO2. The summed E-state index contributed by atoms with van der Waals surface area (Å²) in [6.45, 7) is 4.83. The molecule has 3 nitrogen and oxygen atoms in total. The van der Waals surface area contributed by atoms with Gasteiger partial charge in [0.25, 0.3) is 5.56 Å². The first kappa shape index (κ1) is 20.9. The average Bonchev–Trinajstić information content (AvgIpc) is 2.67. The van der Waals surface area contributed by atoms with E-state index < -0.39 is 34.5 Å². The van der Waals surface area contributed by atoms with E-state index in [4.69, 9.17) is 4.74 Å². The zero-order chi connectivity index (χ0) is 21.3. The fraction of sp³-hybridized carbons (Fsp3) is 0.0952. The summed E-state index contributed by atoms with van der Waals surface area (Å²) in [4.78, 5) is 12.9. The van der Waals surface area contributed by atoms with Gasteiger partial charge < -0.3 is 4.74 Å². The molecule has 0 saturated heterocycles. The Kier molecular flexibility index (Phi) is 5.93. The van der Waals surface area contributed by atoms with Crippen molar-refractivity contribution in [1.29, 1.82) is 0 Å². The summed E-state index contributed by atoms with van der Waals surface area (Å²) in [5.74, 6) is -3.35. The Labute approximate surface area is 172 Å². The first-order chi connectivity index (χ1) is 13.8. The number of nitrogens with zero attached hydrogens (tertiary/aromatic N) is 1. The van der Waals surface area contributed by atoms with Gasteiger partial charge in [0.05, 0.1) is 0 Å². The average molecular weight is 468 g/mol. The van der Waals surface area contributed by atoms with Crippen LogP contribution >= 0.6 is 15.9 Å². The molecule has 150 valence electrons. The van der Waals surface area contributed by atoms with E-state index in [0.29, 0.717) is 6.07 Å². The quantitative estimate of drug-likeness (QED) is 0.451. The van der Waals surface area contributed by atoms with E-state index >= 15 is 0 Å². The van der Waals surface area contributed by atoms with Crippen LogP contribution in [0, 0.1) is 30.2 Å². The SMILES string of the molecule is C=Cc1c(OCc2ccc(F)cc2F)c(Br)c(=O)n(-c2c(F)cccc2F)c1C. The van der Waals surface area contributed by atoms with Crippen molar-refractivity contribution in [2.24, 2.45) is 0 Å². The van der Waals surface area contributed by atoms with Crippen molar-refractivity contribution in [2.45, 2.75) is 13.5 Å². The highest BCUT2D eigenvalue weighted by molar-refractivity contribution is 9.10. The monoisotopic (exact) mass is 467 g/mol. The Balaban J connectivity index is 2.13. The van der Waals surface area contributed by atoms with Crippen LogP contribution in [0.25, 0.3) is 11.8 Å². The van der Waals surface area contributed by atoms with E-state index in [1.807, 2.05) is 0 Å². The number of benzene rings is 2. The highest BCUT2D eigenvalue weighted by Crippen LogP contribution is 2.32. The van der Waals surface area contributed by atoms with E-state index in [0.717, 1.165) is 22.8 Å². The maximum atomic E-state index is 14.3. The molecule has 0 atom stereocenters. The zero-order valence-corrected chi connectivity index (χ0v) is 16.7. The van der Waals surface area contributed by atoms with Crippen LogP contribution in [0.4, 0.5) is 17.6 Å². The van der Waals surface area contributed by atoms with Gasteiger partial charge in [0, 0.05) is 22.9 Å². The molecule has 0 fully saturated rings. The highest BCUT2D eigenvalue weighted by Gasteiger charge is 2.23. The van der Waals surface area contributed by atoms with Gasteiger partial charge in [0.15, 0.2) is 0 Å². The van der Waals surface area contributed by atoms with E-state index in [-0.39, 0.29) is 33.6 Å². The summed E-state index contributed by atoms with van der Waals surface area (Å²) in [5.41, 5.74) is -0.787. The van der Waals surface area contributed by atoms with Crippen LogP contribution in [0.5, 0.6) is 5.75 Å². The number of hydrogen-bond acceptors (Lipinski definition) is 2. The molecule has 0 aliphatic carbocycles. The van der Waals surface area contributed by atoms with Crippen molar-refractivity contribution in [3.8, 4) is 11.4 Å². The number of aromatic nitrogens is 1. The molecule has 0 unspecified atom stereocenters. The van der Waals surface area contributed by atoms with Crippen LogP contribution in [0.3, 0.4) is 0 Å². The van der Waals surface area contributed by atoms with Crippen molar-refractivity contribution in [2.75, 3.05) is 0 Å². The number of para-hydroxylation sites is 1. The Morgan fingerprint density at radius 2 is 1.76 bits per heavy atom. The number of halogens is 5. The lowest BCUT2D eigenvalue weighted by Gasteiger charge is -2.19. The Hall–Kier alpha value is -2.87. The molecule has 0 radical (unpaired) electrons. The smallest absolute Gasteiger partial charge is 0.273 e. The third kappa shape index (κ3) is 3.85. The van der Waals surface area contributed by atoms with Gasteiger partial charge in [0.2, 0.25) is 0 Å². The number of hydrogen-bond donors (Lipinski definition) is 0. The Bertz CT molecular complexity index is 1150. The maximum absolute atomic E-state index is 14.3. The van der Waals surface area contributed by atoms with E-state index in [1.54, 1.807) is 0 Å². The van der Waals surface area contributed by atoms with Crippen LogP contribution < -0.4 is 10.3 Å². The van der Waals surface area contributed by atoms with Crippen molar-refractivity contribution in [3.63, 3.8) is 0 Å². The van der Waals surface area contributed by atoms with Gasteiger partial charge >= 0.3 is 0 Å². The molecule has 0 N–H and O–H groups in total. The summed E-state index contributed by atoms with van der Waals surface area (Å²) in [7, 11) is 0. The topological polar surface area (TPSA) is 31.2 Å². The Morgan fingerprint density at radius 1 is 1.10 bits per heavy atom. The van der Waals surface area contributed by atoms with Gasteiger partial charge in [-0.3, -0.25) is 9.36 Å². The molecule has 3 rings (SSSR count). The van der Waals surface area contributed by atoms with Gasteiger partial charge in [0.1, 0.15) is 45.8 Å². The molecule has 0 saturated carbocycles. The summed E-state index contributed by atoms with van der Waals surface area (Å²) >= 11 is 3.10. The van der Waals surface area contributed by atoms with Crippen molar-refractivity contribution in [3.05, 3.63) is 97.9 Å². The Morgan fingerprint density at radius 3 is 2.34 bits per heavy atom. The molecule has 0 aliphatic rings. The molecule has 29 heavy (non-hydrogen) atoms. The predicted octanol–water partition coefficient (Wildman–Crippen LogP) is 5.69. The molecule has 2 aromatic carbocycles. The number of ether oxygens (including phenoxy) is 1. The first-order valence-electron chi connectivity index (χ1n) is 8.35. The second-order valence-electron chi connectivity index (χ2n) is 6.08. The maximum Gasteiger partial charge on any atom is 0.273 e. The van der Waals surface area contributed by atoms with Crippen molar-refractivity contribution < 1.29 is 22.3 Å². The van der Waals surface area contributed by atoms with Crippen LogP contribution in [-0.2, 0) is 6.61 Å². The lowest BCUT2D eigenvalue weighted by Crippen LogP contribution is -2.25. The standard InChI is InChI=1S/C21H14BrF4NO2/c1-3-14-11(2)27(19-15(24)5-4-6-16(19)25)21(28)18(22)20(14)29-10-12-7-8-13(23)9-17(12)26/h3-9H,1,10H2,2H3. The van der Waals surface area contributed by atoms with Crippen molar-refractivity contribution in [1.82, 2.24) is 4.57 Å². The molecule has 8 heteroatoms. The van der Waals surface area contributed by atoms with Gasteiger partial charge in [-0.05, 0) is 47.1 Å². The highest BCUT2D eigenvalue weighted by atomic mass is 79.9. The lowest BCUT2D eigenvalue weighted by molar-refractivity contribution is 0.295. The van der Waals surface area contributed by atoms with Crippen LogP contribution in [0.1, 0.15) is 16.8 Å². The molecule has 0 amide bonds. The minimum Gasteiger partial charge on any atom is -0.487 e. The van der Waals surface area contributed by atoms with Gasteiger partial charge in [-0.1, -0.05) is 18.7 Å². The largest absolute Gasteiger partial charge is 0.487 e. The molecule has 0 spiro atoms. The van der Waals surface area contributed by atoms with Gasteiger partial charge in [-0.15, -0.1) is 0 Å². The first-order valence-corrected chi connectivity index (χ1v) is 9.14.